The summed E-state index contributed by atoms with van der Waals surface area (Å²) in [7, 11) is -3.02. The van der Waals surface area contributed by atoms with Crippen LogP contribution in [0.3, 0.4) is 0 Å². The average molecular weight is 632 g/mol. The lowest BCUT2D eigenvalue weighted by Gasteiger charge is -2.32. The smallest absolute Gasteiger partial charge is 0.416 e. The molecule has 0 unspecified atom stereocenters. The molecule has 3 aromatic rings. The number of nitrogens with zero attached hydrogens (tertiary/aromatic N) is 2. The van der Waals surface area contributed by atoms with Crippen LogP contribution in [0.15, 0.2) is 77.7 Å². The van der Waals surface area contributed by atoms with Crippen LogP contribution in [-0.2, 0) is 32.3 Å². The number of aryl methyl sites for hydroxylation is 1. The molecular weight excluding hydrogens is 595 g/mol. The molecule has 1 aliphatic carbocycles. The molecule has 1 saturated carbocycles. The van der Waals surface area contributed by atoms with E-state index in [0.29, 0.717) is 21.7 Å². The van der Waals surface area contributed by atoms with Crippen LogP contribution in [0.2, 0.25) is 0 Å². The standard InChI is InChI=1S/C32H36F3N3O5S/c1-22-14-16-29(17-15-22)44(41,42)38(27-12-7-9-25(19-27)32(33,34)35)21-30(39)37(20-24-8-6-13-28(18-24)43-3)23(2)31(40)36-26-10-4-5-11-26/h6-9,12-19,23,26H,4-5,10-11,20-21H2,1-3H3,(H,36,40)/t23-/m0/s1. The number of halogens is 3. The van der Waals surface area contributed by atoms with E-state index in [4.69, 9.17) is 4.74 Å². The largest absolute Gasteiger partial charge is 0.497 e. The number of anilines is 1. The first-order valence-electron chi connectivity index (χ1n) is 14.3. The second-order valence-electron chi connectivity index (χ2n) is 10.9. The Labute approximate surface area is 255 Å². The van der Waals surface area contributed by atoms with E-state index in [1.807, 2.05) is 0 Å². The number of rotatable bonds is 11. The van der Waals surface area contributed by atoms with E-state index >= 15 is 0 Å². The van der Waals surface area contributed by atoms with Gasteiger partial charge in [0.15, 0.2) is 0 Å². The highest BCUT2D eigenvalue weighted by atomic mass is 32.2. The van der Waals surface area contributed by atoms with Gasteiger partial charge in [0.2, 0.25) is 11.8 Å². The highest BCUT2D eigenvalue weighted by molar-refractivity contribution is 7.92. The lowest BCUT2D eigenvalue weighted by molar-refractivity contribution is -0.139. The van der Waals surface area contributed by atoms with Crippen molar-refractivity contribution in [2.45, 2.75) is 69.2 Å². The Kier molecular flexibility index (Phi) is 10.2. The summed E-state index contributed by atoms with van der Waals surface area (Å²) in [6.07, 6.45) is -1.14. The van der Waals surface area contributed by atoms with E-state index in [1.54, 1.807) is 50.2 Å². The lowest BCUT2D eigenvalue weighted by Crippen LogP contribution is -2.52. The van der Waals surface area contributed by atoms with Gasteiger partial charge in [0.1, 0.15) is 18.3 Å². The van der Waals surface area contributed by atoms with Crippen LogP contribution in [0.5, 0.6) is 5.75 Å². The Morgan fingerprint density at radius 3 is 2.30 bits per heavy atom. The first kappa shape index (κ1) is 32.8. The van der Waals surface area contributed by atoms with Crippen molar-refractivity contribution in [2.24, 2.45) is 0 Å². The van der Waals surface area contributed by atoms with Gasteiger partial charge < -0.3 is 15.0 Å². The van der Waals surface area contributed by atoms with Crippen LogP contribution >= 0.6 is 0 Å². The van der Waals surface area contributed by atoms with Crippen molar-refractivity contribution in [3.8, 4) is 5.75 Å². The van der Waals surface area contributed by atoms with Gasteiger partial charge >= 0.3 is 6.18 Å². The van der Waals surface area contributed by atoms with Crippen LogP contribution in [0, 0.1) is 6.92 Å². The molecule has 0 saturated heterocycles. The fourth-order valence-electron chi connectivity index (χ4n) is 5.15. The normalized spacial score (nSPS) is 14.6. The maximum absolute atomic E-state index is 14.1. The van der Waals surface area contributed by atoms with Crippen LogP contribution in [0.4, 0.5) is 18.9 Å². The van der Waals surface area contributed by atoms with E-state index in [9.17, 15) is 31.2 Å². The molecule has 2 amide bonds. The first-order valence-corrected chi connectivity index (χ1v) is 15.7. The molecule has 0 heterocycles. The molecule has 12 heteroatoms. The number of alkyl halides is 3. The van der Waals surface area contributed by atoms with E-state index in [-0.39, 0.29) is 23.2 Å². The number of ether oxygens (including phenoxy) is 1. The Morgan fingerprint density at radius 2 is 1.66 bits per heavy atom. The molecule has 1 N–H and O–H groups in total. The molecule has 0 aromatic heterocycles. The molecule has 0 bridgehead atoms. The van der Waals surface area contributed by atoms with Gasteiger partial charge in [-0.1, -0.05) is 48.7 Å². The van der Waals surface area contributed by atoms with Gasteiger partial charge in [0, 0.05) is 12.6 Å². The number of hydrogen-bond donors (Lipinski definition) is 1. The summed E-state index contributed by atoms with van der Waals surface area (Å²) in [5, 5.41) is 2.98. The molecule has 3 aromatic carbocycles. The second kappa shape index (κ2) is 13.7. The minimum Gasteiger partial charge on any atom is -0.497 e. The Hall–Kier alpha value is -4.06. The van der Waals surface area contributed by atoms with E-state index in [1.165, 1.54) is 30.2 Å². The van der Waals surface area contributed by atoms with E-state index in [2.05, 4.69) is 5.32 Å². The van der Waals surface area contributed by atoms with E-state index in [0.717, 1.165) is 43.4 Å². The summed E-state index contributed by atoms with van der Waals surface area (Å²) >= 11 is 0. The summed E-state index contributed by atoms with van der Waals surface area (Å²) < 4.78 is 74.8. The number of nitrogens with one attached hydrogen (secondary N) is 1. The molecule has 44 heavy (non-hydrogen) atoms. The monoisotopic (exact) mass is 631 g/mol. The topological polar surface area (TPSA) is 96.0 Å². The second-order valence-corrected chi connectivity index (χ2v) is 12.8. The molecular formula is C32H36F3N3O5S. The fourth-order valence-corrected chi connectivity index (χ4v) is 6.55. The molecule has 1 aliphatic rings. The number of carbonyl (C=O) groups excluding carboxylic acids is 2. The number of carbonyl (C=O) groups is 2. The molecule has 0 aliphatic heterocycles. The summed E-state index contributed by atoms with van der Waals surface area (Å²) in [5.41, 5.74) is -0.00956. The number of hydrogen-bond acceptors (Lipinski definition) is 5. The minimum atomic E-state index is -4.75. The molecule has 0 radical (unpaired) electrons. The van der Waals surface area contributed by atoms with Crippen molar-refractivity contribution < 1.29 is 35.9 Å². The number of methoxy groups -OCH3 is 1. The summed E-state index contributed by atoms with van der Waals surface area (Å²) in [6.45, 7) is 2.39. The molecule has 236 valence electrons. The van der Waals surface area contributed by atoms with Gasteiger partial charge in [0.25, 0.3) is 10.0 Å². The predicted octanol–water partition coefficient (Wildman–Crippen LogP) is 5.69. The van der Waals surface area contributed by atoms with Crippen LogP contribution < -0.4 is 14.4 Å². The number of amides is 2. The van der Waals surface area contributed by atoms with Gasteiger partial charge in [-0.15, -0.1) is 0 Å². The Balaban J connectivity index is 1.74. The van der Waals surface area contributed by atoms with Crippen LogP contribution in [0.1, 0.15) is 49.3 Å². The van der Waals surface area contributed by atoms with Crippen molar-refractivity contribution >= 4 is 27.5 Å². The molecule has 8 nitrogen and oxygen atoms in total. The maximum atomic E-state index is 14.1. The third-order valence-electron chi connectivity index (χ3n) is 7.71. The highest BCUT2D eigenvalue weighted by Gasteiger charge is 2.35. The predicted molar refractivity (Wildman–Crippen MR) is 161 cm³/mol. The zero-order valence-corrected chi connectivity index (χ0v) is 25.6. The SMILES string of the molecule is COc1cccc(CN(C(=O)CN(c2cccc(C(F)(F)F)c2)S(=O)(=O)c2ccc(C)cc2)[C@@H](C)C(=O)NC2CCCC2)c1. The summed E-state index contributed by atoms with van der Waals surface area (Å²) in [6, 6.07) is 15.4. The van der Waals surface area contributed by atoms with Crippen molar-refractivity contribution in [1.29, 1.82) is 0 Å². The van der Waals surface area contributed by atoms with Gasteiger partial charge in [-0.3, -0.25) is 13.9 Å². The number of sulfonamides is 1. The van der Waals surface area contributed by atoms with Crippen molar-refractivity contribution in [2.75, 3.05) is 18.0 Å². The third-order valence-corrected chi connectivity index (χ3v) is 9.49. The highest BCUT2D eigenvalue weighted by Crippen LogP contribution is 2.33. The van der Waals surface area contributed by atoms with Gasteiger partial charge in [0.05, 0.1) is 23.3 Å². The van der Waals surface area contributed by atoms with E-state index < -0.39 is 46.2 Å². The first-order chi connectivity index (χ1) is 20.8. The van der Waals surface area contributed by atoms with Gasteiger partial charge in [-0.05, 0) is 74.7 Å². The number of benzene rings is 3. The van der Waals surface area contributed by atoms with Crippen molar-refractivity contribution in [3.63, 3.8) is 0 Å². The molecule has 0 spiro atoms. The lowest BCUT2D eigenvalue weighted by atomic mass is 10.1. The third kappa shape index (κ3) is 7.90. The molecule has 1 atom stereocenters. The maximum Gasteiger partial charge on any atom is 0.416 e. The fraction of sp³-hybridized carbons (Fsp3) is 0.375. The molecule has 4 rings (SSSR count). The average Bonchev–Trinajstić information content (AvgIpc) is 3.51. The van der Waals surface area contributed by atoms with Crippen LogP contribution in [0.25, 0.3) is 0 Å². The van der Waals surface area contributed by atoms with Crippen molar-refractivity contribution in [1.82, 2.24) is 10.2 Å². The zero-order valence-electron chi connectivity index (χ0n) is 24.8. The summed E-state index contributed by atoms with van der Waals surface area (Å²) in [4.78, 5) is 28.4. The van der Waals surface area contributed by atoms with Gasteiger partial charge in [-0.25, -0.2) is 8.42 Å². The summed E-state index contributed by atoms with van der Waals surface area (Å²) in [5.74, 6) is -0.652. The zero-order chi connectivity index (χ0) is 32.1. The van der Waals surface area contributed by atoms with Crippen molar-refractivity contribution in [3.05, 3.63) is 89.5 Å². The minimum absolute atomic E-state index is 0.0257. The Bertz CT molecular complexity index is 1570. The van der Waals surface area contributed by atoms with Crippen LogP contribution in [-0.4, -0.2) is 50.9 Å². The molecule has 1 fully saturated rings. The quantitative estimate of drug-likeness (QED) is 0.293. The van der Waals surface area contributed by atoms with Gasteiger partial charge in [-0.2, -0.15) is 13.2 Å². The Morgan fingerprint density at radius 1 is 1.00 bits per heavy atom.